The van der Waals surface area contributed by atoms with Crippen LogP contribution in [0.1, 0.15) is 48.9 Å². The first-order valence-electron chi connectivity index (χ1n) is 18.8. The summed E-state index contributed by atoms with van der Waals surface area (Å²) < 4.78 is 0. The zero-order valence-electron chi connectivity index (χ0n) is 29.4. The van der Waals surface area contributed by atoms with Crippen LogP contribution >= 0.6 is 0 Å². The normalized spacial score (nSPS) is 19.0. The molecule has 0 bridgehead atoms. The molecule has 8 heteroatoms. The van der Waals surface area contributed by atoms with Crippen LogP contribution in [0.15, 0.2) is 133 Å². The smallest absolute Gasteiger partial charge is 0.113 e. The van der Waals surface area contributed by atoms with Crippen molar-refractivity contribution in [2.75, 3.05) is 26.2 Å². The minimum atomic E-state index is 0.153. The largest absolute Gasteiger partial charge is 0.316 e. The van der Waals surface area contributed by atoms with Gasteiger partial charge in [-0.05, 0) is 120 Å². The maximum Gasteiger partial charge on any atom is 0.113 e. The number of aromatic nitrogens is 6. The molecule has 260 valence electrons. The Kier molecular flexibility index (Phi) is 9.15. The number of rotatable bonds is 6. The van der Waals surface area contributed by atoms with E-state index in [2.05, 4.69) is 95.6 Å². The second kappa shape index (κ2) is 14.7. The molecule has 0 amide bonds. The van der Waals surface area contributed by atoms with Crippen LogP contribution in [0.4, 0.5) is 0 Å². The van der Waals surface area contributed by atoms with Crippen molar-refractivity contribution in [1.82, 2.24) is 40.6 Å². The highest BCUT2D eigenvalue weighted by Crippen LogP contribution is 2.34. The Labute approximate surface area is 303 Å². The summed E-state index contributed by atoms with van der Waals surface area (Å²) in [6, 6.07) is 47.2. The summed E-state index contributed by atoms with van der Waals surface area (Å²) in [4.78, 5) is 3.90. The van der Waals surface area contributed by atoms with E-state index in [0.717, 1.165) is 48.2 Å². The standard InChI is InChI=1S/2C22H22N4/c2*1-2-7-17-14-18(12-11-16(17)6-1)22(19-8-5-13-23-15-19)26-24-20-9-3-4-10-21(20)25-26/h2*1-4,6-7,9-12,14,19,22-23H,5,8,13,15H2/t19-,22+;19-,22-/m00/s1. The molecule has 2 aliphatic heterocycles. The van der Waals surface area contributed by atoms with Gasteiger partial charge in [-0.2, -0.15) is 30.0 Å². The highest BCUT2D eigenvalue weighted by atomic mass is 15.5. The van der Waals surface area contributed by atoms with Gasteiger partial charge in [0.1, 0.15) is 34.2 Å². The zero-order chi connectivity index (χ0) is 34.7. The summed E-state index contributed by atoms with van der Waals surface area (Å²) in [6.07, 6.45) is 4.80. The molecular formula is C44H44N8. The molecule has 0 spiro atoms. The molecule has 4 heterocycles. The van der Waals surface area contributed by atoms with Gasteiger partial charge in [0.25, 0.3) is 0 Å². The van der Waals surface area contributed by atoms with E-state index in [1.165, 1.54) is 58.4 Å². The predicted octanol–water partition coefficient (Wildman–Crippen LogP) is 8.35. The summed E-state index contributed by atoms with van der Waals surface area (Å²) >= 11 is 0. The molecule has 8 aromatic rings. The minimum Gasteiger partial charge on any atom is -0.316 e. The Morgan fingerprint density at radius 3 is 1.17 bits per heavy atom. The molecule has 2 aliphatic rings. The van der Waals surface area contributed by atoms with Crippen molar-refractivity contribution in [2.24, 2.45) is 11.8 Å². The quantitative estimate of drug-likeness (QED) is 0.183. The van der Waals surface area contributed by atoms with E-state index in [9.17, 15) is 0 Å². The zero-order valence-corrected chi connectivity index (χ0v) is 29.4. The molecule has 4 atom stereocenters. The third kappa shape index (κ3) is 6.67. The number of benzene rings is 6. The maximum atomic E-state index is 4.82. The van der Waals surface area contributed by atoms with Gasteiger partial charge in [-0.15, -0.1) is 0 Å². The topological polar surface area (TPSA) is 85.5 Å². The van der Waals surface area contributed by atoms with Crippen molar-refractivity contribution in [2.45, 2.75) is 37.8 Å². The fourth-order valence-corrected chi connectivity index (χ4v) is 8.27. The van der Waals surface area contributed by atoms with Crippen molar-refractivity contribution in [3.63, 3.8) is 0 Å². The fraction of sp³-hybridized carbons (Fsp3) is 0.273. The van der Waals surface area contributed by atoms with Gasteiger partial charge in [0.05, 0.1) is 0 Å². The van der Waals surface area contributed by atoms with E-state index >= 15 is 0 Å². The molecule has 0 saturated carbocycles. The van der Waals surface area contributed by atoms with Crippen LogP contribution in [0.2, 0.25) is 0 Å². The van der Waals surface area contributed by atoms with Crippen LogP contribution in [0.25, 0.3) is 43.6 Å². The van der Waals surface area contributed by atoms with Gasteiger partial charge < -0.3 is 10.6 Å². The summed E-state index contributed by atoms with van der Waals surface area (Å²) in [6.45, 7) is 4.23. The van der Waals surface area contributed by atoms with E-state index in [0.29, 0.717) is 11.8 Å². The summed E-state index contributed by atoms with van der Waals surface area (Å²) in [5, 5.41) is 31.5. The molecule has 2 N–H and O–H groups in total. The maximum absolute atomic E-state index is 4.82. The number of nitrogens with zero attached hydrogens (tertiary/aromatic N) is 6. The predicted molar refractivity (Wildman–Crippen MR) is 210 cm³/mol. The van der Waals surface area contributed by atoms with E-state index in [4.69, 9.17) is 20.4 Å². The van der Waals surface area contributed by atoms with Gasteiger partial charge in [-0.3, -0.25) is 0 Å². The van der Waals surface area contributed by atoms with Crippen molar-refractivity contribution < 1.29 is 0 Å². The Morgan fingerprint density at radius 2 is 0.808 bits per heavy atom. The van der Waals surface area contributed by atoms with Gasteiger partial charge in [0.2, 0.25) is 0 Å². The van der Waals surface area contributed by atoms with E-state index in [1.54, 1.807) is 0 Å². The number of hydrogen-bond donors (Lipinski definition) is 2. The first-order chi connectivity index (χ1) is 25.8. The van der Waals surface area contributed by atoms with Crippen molar-refractivity contribution in [3.8, 4) is 0 Å². The van der Waals surface area contributed by atoms with Crippen LogP contribution < -0.4 is 10.6 Å². The highest BCUT2D eigenvalue weighted by Gasteiger charge is 2.30. The summed E-state index contributed by atoms with van der Waals surface area (Å²) in [5.74, 6) is 0.985. The Morgan fingerprint density at radius 1 is 0.442 bits per heavy atom. The molecule has 0 unspecified atom stereocenters. The number of fused-ring (bicyclic) bond motifs is 4. The Balaban J connectivity index is 0.000000138. The molecule has 0 aliphatic carbocycles. The van der Waals surface area contributed by atoms with Crippen LogP contribution in [0.3, 0.4) is 0 Å². The van der Waals surface area contributed by atoms with Gasteiger partial charge in [-0.25, -0.2) is 0 Å². The van der Waals surface area contributed by atoms with Gasteiger partial charge in [0.15, 0.2) is 0 Å². The number of piperidine rings is 2. The molecule has 6 aromatic carbocycles. The van der Waals surface area contributed by atoms with E-state index < -0.39 is 0 Å². The average molecular weight is 685 g/mol. The lowest BCUT2D eigenvalue weighted by Gasteiger charge is -2.30. The molecule has 10 rings (SSSR count). The SMILES string of the molecule is c1ccc2cc([C@@H]([C@H]3CCCNC3)n3nc4ccccc4n3)ccc2c1.c1ccc2cc([C@H]([C@H]3CCCNC3)n3nc4ccccc4n3)ccc2c1. The first kappa shape index (κ1) is 32.5. The minimum absolute atomic E-state index is 0.153. The van der Waals surface area contributed by atoms with Gasteiger partial charge in [-0.1, -0.05) is 97.1 Å². The average Bonchev–Trinajstić information content (AvgIpc) is 3.84. The molecule has 2 fully saturated rings. The lowest BCUT2D eigenvalue weighted by atomic mass is 9.87. The Hall–Kier alpha value is -5.44. The Bertz CT molecular complexity index is 2200. The van der Waals surface area contributed by atoms with Crippen LogP contribution in [-0.2, 0) is 0 Å². The van der Waals surface area contributed by atoms with Crippen LogP contribution in [-0.4, -0.2) is 56.2 Å². The van der Waals surface area contributed by atoms with Crippen molar-refractivity contribution in [1.29, 1.82) is 0 Å². The number of hydrogen-bond acceptors (Lipinski definition) is 6. The molecular weight excluding hydrogens is 641 g/mol. The van der Waals surface area contributed by atoms with Crippen molar-refractivity contribution in [3.05, 3.63) is 145 Å². The monoisotopic (exact) mass is 684 g/mol. The second-order valence-electron chi connectivity index (χ2n) is 14.3. The van der Waals surface area contributed by atoms with Crippen LogP contribution in [0.5, 0.6) is 0 Å². The molecule has 8 nitrogen and oxygen atoms in total. The number of nitrogens with one attached hydrogen (secondary N) is 2. The van der Waals surface area contributed by atoms with E-state index in [-0.39, 0.29) is 12.1 Å². The first-order valence-corrected chi connectivity index (χ1v) is 18.8. The lowest BCUT2D eigenvalue weighted by Crippen LogP contribution is -2.36. The fourth-order valence-electron chi connectivity index (χ4n) is 8.27. The summed E-state index contributed by atoms with van der Waals surface area (Å²) in [7, 11) is 0. The third-order valence-electron chi connectivity index (χ3n) is 10.9. The third-order valence-corrected chi connectivity index (χ3v) is 10.9. The van der Waals surface area contributed by atoms with Crippen LogP contribution in [0, 0.1) is 11.8 Å². The second-order valence-corrected chi connectivity index (χ2v) is 14.3. The van der Waals surface area contributed by atoms with Gasteiger partial charge >= 0.3 is 0 Å². The van der Waals surface area contributed by atoms with Crippen molar-refractivity contribution >= 4 is 43.6 Å². The highest BCUT2D eigenvalue weighted by molar-refractivity contribution is 5.84. The lowest BCUT2D eigenvalue weighted by molar-refractivity contribution is 0.265. The molecule has 0 radical (unpaired) electrons. The van der Waals surface area contributed by atoms with E-state index in [1.807, 2.05) is 58.1 Å². The van der Waals surface area contributed by atoms with Gasteiger partial charge in [0, 0.05) is 13.1 Å². The molecule has 52 heavy (non-hydrogen) atoms. The molecule has 2 saturated heterocycles. The molecule has 2 aromatic heterocycles. The summed E-state index contributed by atoms with van der Waals surface area (Å²) in [5.41, 5.74) is 6.42.